The minimum Gasteiger partial charge on any atom is -0.397 e. The zero-order valence-corrected chi connectivity index (χ0v) is 12.5. The molecule has 1 saturated heterocycles. The van der Waals surface area contributed by atoms with Crippen molar-refractivity contribution in [1.29, 1.82) is 0 Å². The minimum absolute atomic E-state index is 0.153. The van der Waals surface area contributed by atoms with Crippen LogP contribution in [-0.2, 0) is 0 Å². The van der Waals surface area contributed by atoms with Gasteiger partial charge in [0.2, 0.25) is 0 Å². The van der Waals surface area contributed by atoms with Gasteiger partial charge >= 0.3 is 0 Å². The molecule has 0 spiro atoms. The summed E-state index contributed by atoms with van der Waals surface area (Å²) in [7, 11) is 0. The van der Waals surface area contributed by atoms with E-state index in [9.17, 15) is 4.79 Å². The predicted molar refractivity (Wildman–Crippen MR) is 83.1 cm³/mol. The number of nitrogens with two attached hydrogens (primary N) is 1. The first-order valence-corrected chi connectivity index (χ1v) is 7.61. The van der Waals surface area contributed by atoms with Crippen LogP contribution in [0.2, 0.25) is 5.02 Å². The minimum atomic E-state index is -0.153. The summed E-state index contributed by atoms with van der Waals surface area (Å²) in [6.45, 7) is 3.81. The van der Waals surface area contributed by atoms with Crippen molar-refractivity contribution in [1.82, 2.24) is 10.2 Å². The zero-order valence-electron chi connectivity index (χ0n) is 11.7. The molecular formula is C15H22ClN3O. The summed E-state index contributed by atoms with van der Waals surface area (Å²) in [6.07, 6.45) is 5.16. The molecule has 1 heterocycles. The van der Waals surface area contributed by atoms with Crippen molar-refractivity contribution in [2.45, 2.75) is 25.7 Å². The first-order chi connectivity index (χ1) is 9.68. The third-order valence-electron chi connectivity index (χ3n) is 3.71. The van der Waals surface area contributed by atoms with Gasteiger partial charge in [0.05, 0.1) is 16.3 Å². The Balaban J connectivity index is 1.81. The van der Waals surface area contributed by atoms with Crippen LogP contribution in [0, 0.1) is 0 Å². The lowest BCUT2D eigenvalue weighted by Gasteiger charge is -2.19. The summed E-state index contributed by atoms with van der Waals surface area (Å²) < 4.78 is 0. The lowest BCUT2D eigenvalue weighted by molar-refractivity contribution is 0.0949. The van der Waals surface area contributed by atoms with Crippen LogP contribution >= 0.6 is 11.6 Å². The van der Waals surface area contributed by atoms with Crippen LogP contribution in [0.5, 0.6) is 0 Å². The Morgan fingerprint density at radius 1 is 1.25 bits per heavy atom. The number of para-hydroxylation sites is 1. The normalized spacial score (nSPS) is 16.6. The van der Waals surface area contributed by atoms with Gasteiger partial charge in [0, 0.05) is 13.1 Å². The van der Waals surface area contributed by atoms with Crippen molar-refractivity contribution in [2.75, 3.05) is 31.9 Å². The van der Waals surface area contributed by atoms with Crippen molar-refractivity contribution < 1.29 is 4.79 Å². The zero-order chi connectivity index (χ0) is 14.4. The molecule has 0 aliphatic carbocycles. The highest BCUT2D eigenvalue weighted by atomic mass is 35.5. The number of anilines is 1. The van der Waals surface area contributed by atoms with Crippen LogP contribution in [0.15, 0.2) is 18.2 Å². The number of halogens is 1. The molecule has 0 radical (unpaired) electrons. The number of rotatable bonds is 4. The van der Waals surface area contributed by atoms with Gasteiger partial charge < -0.3 is 16.0 Å². The summed E-state index contributed by atoms with van der Waals surface area (Å²) in [5.74, 6) is -0.153. The van der Waals surface area contributed by atoms with E-state index in [0.29, 0.717) is 22.8 Å². The number of nitrogens with zero attached hydrogens (tertiary/aromatic N) is 1. The molecule has 0 unspecified atom stereocenters. The van der Waals surface area contributed by atoms with E-state index in [1.807, 2.05) is 0 Å². The molecule has 1 fully saturated rings. The molecule has 1 aliphatic heterocycles. The van der Waals surface area contributed by atoms with E-state index in [1.54, 1.807) is 18.2 Å². The largest absolute Gasteiger partial charge is 0.397 e. The number of carbonyl (C=O) groups excluding carboxylic acids is 1. The van der Waals surface area contributed by atoms with Gasteiger partial charge in [-0.05, 0) is 38.1 Å². The van der Waals surface area contributed by atoms with Crippen LogP contribution in [0.25, 0.3) is 0 Å². The molecule has 1 aromatic carbocycles. The van der Waals surface area contributed by atoms with Gasteiger partial charge in [-0.2, -0.15) is 0 Å². The molecule has 3 N–H and O–H groups in total. The van der Waals surface area contributed by atoms with Gasteiger partial charge in [-0.1, -0.05) is 30.5 Å². The maximum Gasteiger partial charge on any atom is 0.253 e. The topological polar surface area (TPSA) is 58.4 Å². The summed E-state index contributed by atoms with van der Waals surface area (Å²) in [5, 5.41) is 3.34. The molecule has 110 valence electrons. The van der Waals surface area contributed by atoms with E-state index in [0.717, 1.165) is 19.6 Å². The molecule has 0 atom stereocenters. The highest BCUT2D eigenvalue weighted by Gasteiger charge is 2.12. The van der Waals surface area contributed by atoms with Crippen molar-refractivity contribution in [3.63, 3.8) is 0 Å². The van der Waals surface area contributed by atoms with E-state index in [2.05, 4.69) is 10.2 Å². The second-order valence-corrected chi connectivity index (χ2v) is 5.62. The molecule has 5 heteroatoms. The van der Waals surface area contributed by atoms with Gasteiger partial charge in [0.25, 0.3) is 5.91 Å². The first-order valence-electron chi connectivity index (χ1n) is 7.23. The molecule has 0 saturated carbocycles. The van der Waals surface area contributed by atoms with Crippen molar-refractivity contribution in [3.05, 3.63) is 28.8 Å². The fourth-order valence-electron chi connectivity index (χ4n) is 2.52. The summed E-state index contributed by atoms with van der Waals surface area (Å²) in [5.41, 5.74) is 6.62. The van der Waals surface area contributed by atoms with Gasteiger partial charge in [0.1, 0.15) is 0 Å². The van der Waals surface area contributed by atoms with E-state index < -0.39 is 0 Å². The fourth-order valence-corrected chi connectivity index (χ4v) is 2.69. The highest BCUT2D eigenvalue weighted by Crippen LogP contribution is 2.22. The molecule has 2 rings (SSSR count). The third-order valence-corrected chi connectivity index (χ3v) is 4.04. The van der Waals surface area contributed by atoms with Gasteiger partial charge in [-0.15, -0.1) is 0 Å². The van der Waals surface area contributed by atoms with E-state index in [-0.39, 0.29) is 5.91 Å². The Kier molecular flexibility index (Phi) is 5.68. The number of amides is 1. The van der Waals surface area contributed by atoms with Crippen molar-refractivity contribution in [3.8, 4) is 0 Å². The van der Waals surface area contributed by atoms with Crippen molar-refractivity contribution in [2.24, 2.45) is 0 Å². The quantitative estimate of drug-likeness (QED) is 0.839. The Morgan fingerprint density at radius 3 is 2.65 bits per heavy atom. The maximum atomic E-state index is 12.1. The van der Waals surface area contributed by atoms with E-state index >= 15 is 0 Å². The number of benzene rings is 1. The molecule has 20 heavy (non-hydrogen) atoms. The van der Waals surface area contributed by atoms with Crippen LogP contribution in [-0.4, -0.2) is 37.0 Å². The van der Waals surface area contributed by atoms with Gasteiger partial charge in [-0.3, -0.25) is 4.79 Å². The molecule has 1 aliphatic rings. The molecule has 1 amide bonds. The maximum absolute atomic E-state index is 12.1. The summed E-state index contributed by atoms with van der Waals surface area (Å²) in [6, 6.07) is 5.12. The number of carbonyl (C=O) groups is 1. The van der Waals surface area contributed by atoms with Crippen LogP contribution in [0.1, 0.15) is 36.0 Å². The summed E-state index contributed by atoms with van der Waals surface area (Å²) >= 11 is 5.92. The fraction of sp³-hybridized carbons (Fsp3) is 0.533. The summed E-state index contributed by atoms with van der Waals surface area (Å²) in [4.78, 5) is 14.5. The first kappa shape index (κ1) is 15.1. The van der Waals surface area contributed by atoms with Crippen LogP contribution in [0.4, 0.5) is 5.69 Å². The van der Waals surface area contributed by atoms with Crippen LogP contribution in [0.3, 0.4) is 0 Å². The molecular weight excluding hydrogens is 274 g/mol. The predicted octanol–water partition coefficient (Wildman–Crippen LogP) is 2.53. The lowest BCUT2D eigenvalue weighted by Crippen LogP contribution is -2.35. The number of hydrogen-bond donors (Lipinski definition) is 2. The molecule has 0 bridgehead atoms. The Bertz CT molecular complexity index is 456. The van der Waals surface area contributed by atoms with Crippen molar-refractivity contribution >= 4 is 23.2 Å². The molecule has 1 aromatic rings. The highest BCUT2D eigenvalue weighted by molar-refractivity contribution is 6.33. The Labute approximate surface area is 125 Å². The number of nitrogen functional groups attached to an aromatic ring is 1. The van der Waals surface area contributed by atoms with E-state index in [1.165, 1.54) is 25.7 Å². The second-order valence-electron chi connectivity index (χ2n) is 5.21. The third kappa shape index (κ3) is 4.12. The molecule has 4 nitrogen and oxygen atoms in total. The number of nitrogens with one attached hydrogen (secondary N) is 1. The Morgan fingerprint density at radius 2 is 1.95 bits per heavy atom. The Hall–Kier alpha value is -1.26. The standard InChI is InChI=1S/C15H22ClN3O/c16-13-7-5-6-12(14(13)17)15(20)18-8-11-19-9-3-1-2-4-10-19/h5-7H,1-4,8-11,17H2,(H,18,20). The smallest absolute Gasteiger partial charge is 0.253 e. The lowest BCUT2D eigenvalue weighted by atomic mass is 10.1. The van der Waals surface area contributed by atoms with Gasteiger partial charge in [-0.25, -0.2) is 0 Å². The number of hydrogen-bond acceptors (Lipinski definition) is 3. The molecule has 0 aromatic heterocycles. The average molecular weight is 296 g/mol. The second kappa shape index (κ2) is 7.50. The van der Waals surface area contributed by atoms with E-state index in [4.69, 9.17) is 17.3 Å². The average Bonchev–Trinajstić information content (AvgIpc) is 2.70. The number of likely N-dealkylation sites (tertiary alicyclic amines) is 1. The monoisotopic (exact) mass is 295 g/mol. The SMILES string of the molecule is Nc1c(Cl)cccc1C(=O)NCCN1CCCCCC1. The van der Waals surface area contributed by atoms with Crippen LogP contribution < -0.4 is 11.1 Å². The van der Waals surface area contributed by atoms with Gasteiger partial charge in [0.15, 0.2) is 0 Å².